The molecule has 2 heterocycles. The van der Waals surface area contributed by atoms with Crippen LogP contribution in [-0.2, 0) is 0 Å². The second kappa shape index (κ2) is 2.88. The highest BCUT2D eigenvalue weighted by molar-refractivity contribution is 14.1. The van der Waals surface area contributed by atoms with Crippen molar-refractivity contribution < 1.29 is 0 Å². The molecule has 0 saturated heterocycles. The number of aryl methyl sites for hydroxylation is 1. The summed E-state index contributed by atoms with van der Waals surface area (Å²) in [6.07, 6.45) is 3.90. The lowest BCUT2D eigenvalue weighted by atomic mass is 10.5. The molecule has 0 saturated carbocycles. The van der Waals surface area contributed by atoms with E-state index in [1.165, 1.54) is 0 Å². The summed E-state index contributed by atoms with van der Waals surface area (Å²) in [5, 5.41) is 0.758. The molecule has 0 N–H and O–H groups in total. The highest BCUT2D eigenvalue weighted by atomic mass is 127. The van der Waals surface area contributed by atoms with Gasteiger partial charge in [-0.05, 0) is 35.6 Å². The van der Waals surface area contributed by atoms with Gasteiger partial charge in [-0.1, -0.05) is 11.6 Å². The van der Waals surface area contributed by atoms with Gasteiger partial charge < -0.3 is 4.40 Å². The first-order valence-corrected chi connectivity index (χ1v) is 4.93. The third-order valence-electron chi connectivity index (χ3n) is 1.64. The van der Waals surface area contributed by atoms with Crippen molar-refractivity contribution in [1.29, 1.82) is 0 Å². The van der Waals surface area contributed by atoms with Crippen LogP contribution in [0, 0.1) is 10.5 Å². The van der Waals surface area contributed by atoms with Crippen LogP contribution in [-0.4, -0.2) is 9.38 Å². The molecule has 0 amide bonds. The Kier molecular flexibility index (Phi) is 2.00. The zero-order chi connectivity index (χ0) is 8.72. The van der Waals surface area contributed by atoms with Crippen LogP contribution in [0.4, 0.5) is 0 Å². The summed E-state index contributed by atoms with van der Waals surface area (Å²) in [5.41, 5.74) is 1.94. The lowest BCUT2D eigenvalue weighted by Gasteiger charge is -1.97. The van der Waals surface area contributed by atoms with Crippen molar-refractivity contribution in [3.05, 3.63) is 32.7 Å². The molecule has 12 heavy (non-hydrogen) atoms. The number of aromatic nitrogens is 2. The van der Waals surface area contributed by atoms with Crippen molar-refractivity contribution in [1.82, 2.24) is 9.38 Å². The van der Waals surface area contributed by atoms with Gasteiger partial charge in [-0.15, -0.1) is 0 Å². The van der Waals surface area contributed by atoms with Crippen molar-refractivity contribution in [2.45, 2.75) is 6.92 Å². The fourth-order valence-corrected chi connectivity index (χ4v) is 1.84. The van der Waals surface area contributed by atoms with Gasteiger partial charge in [-0.3, -0.25) is 0 Å². The Morgan fingerprint density at radius 3 is 3.08 bits per heavy atom. The van der Waals surface area contributed by atoms with Crippen LogP contribution in [0.2, 0.25) is 5.02 Å². The monoisotopic (exact) mass is 292 g/mol. The minimum Gasteiger partial charge on any atom is -0.306 e. The van der Waals surface area contributed by atoms with Crippen molar-refractivity contribution >= 4 is 39.8 Å². The summed E-state index contributed by atoms with van der Waals surface area (Å²) in [4.78, 5) is 4.34. The SMILES string of the molecule is Cc1cn2ccc(Cl)c(I)c2n1. The van der Waals surface area contributed by atoms with E-state index in [9.17, 15) is 0 Å². The van der Waals surface area contributed by atoms with Gasteiger partial charge in [0.05, 0.1) is 14.3 Å². The number of rotatable bonds is 0. The molecule has 0 aliphatic heterocycles. The molecular weight excluding hydrogens is 286 g/mol. The summed E-state index contributed by atoms with van der Waals surface area (Å²) in [6.45, 7) is 1.97. The molecule has 2 nitrogen and oxygen atoms in total. The average molecular weight is 293 g/mol. The largest absolute Gasteiger partial charge is 0.306 e. The zero-order valence-corrected chi connectivity index (χ0v) is 9.30. The fourth-order valence-electron chi connectivity index (χ4n) is 1.12. The van der Waals surface area contributed by atoms with Gasteiger partial charge in [0.1, 0.15) is 0 Å². The molecule has 0 aromatic carbocycles. The van der Waals surface area contributed by atoms with Gasteiger partial charge in [0.2, 0.25) is 0 Å². The Morgan fingerprint density at radius 2 is 2.33 bits per heavy atom. The molecule has 0 radical (unpaired) electrons. The molecule has 62 valence electrons. The van der Waals surface area contributed by atoms with Gasteiger partial charge >= 0.3 is 0 Å². The summed E-state index contributed by atoms with van der Waals surface area (Å²) in [5.74, 6) is 0. The third-order valence-corrected chi connectivity index (χ3v) is 3.34. The van der Waals surface area contributed by atoms with Gasteiger partial charge in [-0.25, -0.2) is 4.98 Å². The molecule has 2 rings (SSSR count). The van der Waals surface area contributed by atoms with E-state index in [1.807, 2.05) is 29.8 Å². The van der Waals surface area contributed by atoms with E-state index in [4.69, 9.17) is 11.6 Å². The topological polar surface area (TPSA) is 17.3 Å². The number of hydrogen-bond donors (Lipinski definition) is 0. The van der Waals surface area contributed by atoms with Crippen LogP contribution >= 0.6 is 34.2 Å². The summed E-state index contributed by atoms with van der Waals surface area (Å²) < 4.78 is 2.98. The molecule has 0 spiro atoms. The summed E-state index contributed by atoms with van der Waals surface area (Å²) >= 11 is 8.14. The van der Waals surface area contributed by atoms with Crippen molar-refractivity contribution in [3.63, 3.8) is 0 Å². The lowest BCUT2D eigenvalue weighted by molar-refractivity contribution is 1.18. The molecule has 0 aliphatic rings. The molecular formula is C8H6ClIN2. The normalized spacial score (nSPS) is 10.9. The first-order chi connectivity index (χ1) is 5.68. The molecule has 4 heteroatoms. The lowest BCUT2D eigenvalue weighted by Crippen LogP contribution is -1.86. The molecule has 2 aromatic heterocycles. The molecule has 0 aliphatic carbocycles. The molecule has 0 bridgehead atoms. The quantitative estimate of drug-likeness (QED) is 0.683. The van der Waals surface area contributed by atoms with Crippen LogP contribution in [0.5, 0.6) is 0 Å². The molecule has 2 aromatic rings. The van der Waals surface area contributed by atoms with Gasteiger partial charge in [-0.2, -0.15) is 0 Å². The number of pyridine rings is 1. The number of imidazole rings is 1. The first kappa shape index (κ1) is 8.31. The maximum absolute atomic E-state index is 5.94. The summed E-state index contributed by atoms with van der Waals surface area (Å²) in [7, 11) is 0. The second-order valence-corrected chi connectivity index (χ2v) is 4.08. The first-order valence-electron chi connectivity index (χ1n) is 3.48. The van der Waals surface area contributed by atoms with Crippen molar-refractivity contribution in [3.8, 4) is 0 Å². The Bertz CT molecular complexity index is 436. The van der Waals surface area contributed by atoms with E-state index in [0.29, 0.717) is 0 Å². The van der Waals surface area contributed by atoms with Crippen LogP contribution < -0.4 is 0 Å². The predicted molar refractivity (Wildman–Crippen MR) is 57.7 cm³/mol. The number of fused-ring (bicyclic) bond motifs is 1. The Morgan fingerprint density at radius 1 is 1.58 bits per heavy atom. The highest BCUT2D eigenvalue weighted by Crippen LogP contribution is 2.22. The van der Waals surface area contributed by atoms with Crippen LogP contribution in [0.3, 0.4) is 0 Å². The zero-order valence-electron chi connectivity index (χ0n) is 6.38. The minimum atomic E-state index is 0.758. The third kappa shape index (κ3) is 1.21. The van der Waals surface area contributed by atoms with Gasteiger partial charge in [0, 0.05) is 12.4 Å². The Balaban J connectivity index is 2.89. The molecule has 0 fully saturated rings. The number of nitrogens with zero attached hydrogens (tertiary/aromatic N) is 2. The van der Waals surface area contributed by atoms with E-state index in [0.717, 1.165) is 19.9 Å². The maximum Gasteiger partial charge on any atom is 0.152 e. The smallest absolute Gasteiger partial charge is 0.152 e. The maximum atomic E-state index is 5.94. The fraction of sp³-hybridized carbons (Fsp3) is 0.125. The van der Waals surface area contributed by atoms with E-state index < -0.39 is 0 Å². The van der Waals surface area contributed by atoms with Gasteiger partial charge in [0.15, 0.2) is 5.65 Å². The van der Waals surface area contributed by atoms with E-state index >= 15 is 0 Å². The van der Waals surface area contributed by atoms with Crippen LogP contribution in [0.25, 0.3) is 5.65 Å². The Labute approximate surface area is 88.7 Å². The average Bonchev–Trinajstić information content (AvgIpc) is 2.39. The van der Waals surface area contributed by atoms with E-state index in [-0.39, 0.29) is 0 Å². The minimum absolute atomic E-state index is 0.758. The van der Waals surface area contributed by atoms with Gasteiger partial charge in [0.25, 0.3) is 0 Å². The van der Waals surface area contributed by atoms with Crippen LogP contribution in [0.15, 0.2) is 18.5 Å². The van der Waals surface area contributed by atoms with Crippen molar-refractivity contribution in [2.75, 3.05) is 0 Å². The highest BCUT2D eigenvalue weighted by Gasteiger charge is 2.04. The van der Waals surface area contributed by atoms with E-state index in [2.05, 4.69) is 27.6 Å². The molecule has 0 unspecified atom stereocenters. The van der Waals surface area contributed by atoms with Crippen molar-refractivity contribution in [2.24, 2.45) is 0 Å². The number of hydrogen-bond acceptors (Lipinski definition) is 1. The predicted octanol–water partition coefficient (Wildman–Crippen LogP) is 2.90. The summed E-state index contributed by atoms with van der Waals surface area (Å²) in [6, 6.07) is 1.87. The second-order valence-electron chi connectivity index (χ2n) is 2.59. The Hall–Kier alpha value is -0.290. The van der Waals surface area contributed by atoms with E-state index in [1.54, 1.807) is 0 Å². The van der Waals surface area contributed by atoms with Crippen LogP contribution in [0.1, 0.15) is 5.69 Å². The molecule has 0 atom stereocenters. The standard InChI is InChI=1S/C8H6ClIN2/c1-5-4-12-3-2-6(9)7(10)8(12)11-5/h2-4H,1H3. The number of halogens is 2.